The van der Waals surface area contributed by atoms with Gasteiger partial charge in [0.05, 0.1) is 17.8 Å². The van der Waals surface area contributed by atoms with Gasteiger partial charge in [-0.3, -0.25) is 4.79 Å². The van der Waals surface area contributed by atoms with Gasteiger partial charge in [0.15, 0.2) is 0 Å². The number of hydrogen-bond donors (Lipinski definition) is 1. The van der Waals surface area contributed by atoms with Crippen LogP contribution < -0.4 is 5.32 Å². The lowest BCUT2D eigenvalue weighted by Crippen LogP contribution is -2.40. The van der Waals surface area contributed by atoms with E-state index >= 15 is 0 Å². The molecule has 0 aliphatic carbocycles. The summed E-state index contributed by atoms with van der Waals surface area (Å²) in [5.41, 5.74) is 1.79. The highest BCUT2D eigenvalue weighted by atomic mass is 19.1. The van der Waals surface area contributed by atoms with E-state index in [0.29, 0.717) is 30.3 Å². The number of carbonyl (C=O) groups is 1. The molecule has 1 aliphatic heterocycles. The SMILES string of the molecule is O=C(Cc1cccc(F)c1)N1CCC[C@H](c2ccnc(Nc3ccccc3F)n2)C1. The molecule has 154 valence electrons. The van der Waals surface area contributed by atoms with E-state index in [2.05, 4.69) is 15.3 Å². The van der Waals surface area contributed by atoms with E-state index in [1.807, 2.05) is 11.0 Å². The molecule has 3 aromatic rings. The molecule has 1 aromatic heterocycles. The van der Waals surface area contributed by atoms with E-state index in [0.717, 1.165) is 18.5 Å². The zero-order valence-electron chi connectivity index (χ0n) is 16.4. The molecule has 1 aliphatic rings. The molecule has 2 heterocycles. The molecule has 0 radical (unpaired) electrons. The molecule has 1 fully saturated rings. The quantitative estimate of drug-likeness (QED) is 0.678. The van der Waals surface area contributed by atoms with Crippen LogP contribution in [0.4, 0.5) is 20.4 Å². The fourth-order valence-electron chi connectivity index (χ4n) is 3.72. The molecular formula is C23H22F2N4O. The third-order valence-electron chi connectivity index (χ3n) is 5.23. The average Bonchev–Trinajstić information content (AvgIpc) is 2.76. The smallest absolute Gasteiger partial charge is 0.227 e. The third kappa shape index (κ3) is 4.79. The fraction of sp³-hybridized carbons (Fsp3) is 0.261. The number of amides is 1. The van der Waals surface area contributed by atoms with Crippen LogP contribution in [0.1, 0.15) is 30.0 Å². The first-order valence-corrected chi connectivity index (χ1v) is 9.95. The van der Waals surface area contributed by atoms with Crippen LogP contribution in [0.2, 0.25) is 0 Å². The highest BCUT2D eigenvalue weighted by Crippen LogP contribution is 2.27. The summed E-state index contributed by atoms with van der Waals surface area (Å²) < 4.78 is 27.3. The highest BCUT2D eigenvalue weighted by Gasteiger charge is 2.26. The van der Waals surface area contributed by atoms with Gasteiger partial charge in [-0.05, 0) is 48.7 Å². The molecule has 1 saturated heterocycles. The van der Waals surface area contributed by atoms with Crippen molar-refractivity contribution in [1.82, 2.24) is 14.9 Å². The van der Waals surface area contributed by atoms with Crippen LogP contribution in [0, 0.1) is 11.6 Å². The van der Waals surface area contributed by atoms with Crippen molar-refractivity contribution in [2.24, 2.45) is 0 Å². The molecule has 4 rings (SSSR count). The molecule has 2 aromatic carbocycles. The van der Waals surface area contributed by atoms with Crippen molar-refractivity contribution in [2.75, 3.05) is 18.4 Å². The second-order valence-electron chi connectivity index (χ2n) is 7.40. The van der Waals surface area contributed by atoms with Crippen LogP contribution in [0.5, 0.6) is 0 Å². The van der Waals surface area contributed by atoms with Crippen LogP contribution in [-0.2, 0) is 11.2 Å². The van der Waals surface area contributed by atoms with Crippen molar-refractivity contribution < 1.29 is 13.6 Å². The number of likely N-dealkylation sites (tertiary alicyclic amines) is 1. The number of benzene rings is 2. The Labute approximate surface area is 173 Å². The summed E-state index contributed by atoms with van der Waals surface area (Å²) in [5, 5.41) is 2.91. The standard InChI is InChI=1S/C23H22F2N4O/c24-18-7-3-5-16(13-18)14-22(30)29-12-4-6-17(15-29)20-10-11-26-23(27-20)28-21-9-2-1-8-19(21)25/h1-3,5,7-11,13,17H,4,6,12,14-15H2,(H,26,27,28)/t17-/m0/s1. The number of hydrogen-bond acceptors (Lipinski definition) is 4. The largest absolute Gasteiger partial charge is 0.342 e. The Kier molecular flexibility index (Phi) is 5.97. The number of nitrogens with zero attached hydrogens (tertiary/aromatic N) is 3. The zero-order chi connectivity index (χ0) is 20.9. The number of anilines is 2. The third-order valence-corrected chi connectivity index (χ3v) is 5.23. The number of rotatable bonds is 5. The topological polar surface area (TPSA) is 58.1 Å². The lowest BCUT2D eigenvalue weighted by Gasteiger charge is -2.32. The average molecular weight is 408 g/mol. The van der Waals surface area contributed by atoms with Gasteiger partial charge in [0, 0.05) is 25.2 Å². The Morgan fingerprint density at radius 2 is 2.00 bits per heavy atom. The van der Waals surface area contributed by atoms with Gasteiger partial charge in [-0.2, -0.15) is 0 Å². The van der Waals surface area contributed by atoms with Crippen LogP contribution in [0.25, 0.3) is 0 Å². The highest BCUT2D eigenvalue weighted by molar-refractivity contribution is 5.79. The molecule has 0 unspecified atom stereocenters. The molecular weight excluding hydrogens is 386 g/mol. The van der Waals surface area contributed by atoms with Gasteiger partial charge in [0.25, 0.3) is 0 Å². The van der Waals surface area contributed by atoms with Crippen LogP contribution in [0.3, 0.4) is 0 Å². The molecule has 1 atom stereocenters. The number of halogens is 2. The number of para-hydroxylation sites is 1. The van der Waals surface area contributed by atoms with Crippen molar-refractivity contribution in [3.63, 3.8) is 0 Å². The Morgan fingerprint density at radius 1 is 1.13 bits per heavy atom. The number of aromatic nitrogens is 2. The number of carbonyl (C=O) groups excluding carboxylic acids is 1. The summed E-state index contributed by atoms with van der Waals surface area (Å²) in [6.45, 7) is 1.22. The molecule has 0 bridgehead atoms. The minimum absolute atomic E-state index is 0.0240. The monoisotopic (exact) mass is 408 g/mol. The van der Waals surface area contributed by atoms with Crippen LogP contribution in [-0.4, -0.2) is 33.9 Å². The maximum atomic E-state index is 13.9. The van der Waals surface area contributed by atoms with E-state index in [4.69, 9.17) is 0 Å². The number of piperidine rings is 1. The molecule has 7 heteroatoms. The summed E-state index contributed by atoms with van der Waals surface area (Å²) in [6.07, 6.45) is 3.58. The second kappa shape index (κ2) is 8.98. The van der Waals surface area contributed by atoms with Gasteiger partial charge >= 0.3 is 0 Å². The summed E-state index contributed by atoms with van der Waals surface area (Å²) >= 11 is 0. The zero-order valence-corrected chi connectivity index (χ0v) is 16.4. The predicted molar refractivity (Wildman–Crippen MR) is 110 cm³/mol. The first kappa shape index (κ1) is 19.9. The molecule has 1 amide bonds. The summed E-state index contributed by atoms with van der Waals surface area (Å²) in [5.74, 6) is -0.352. The molecule has 1 N–H and O–H groups in total. The maximum Gasteiger partial charge on any atom is 0.227 e. The fourth-order valence-corrected chi connectivity index (χ4v) is 3.72. The Bertz CT molecular complexity index is 1040. The van der Waals surface area contributed by atoms with E-state index in [9.17, 15) is 13.6 Å². The van der Waals surface area contributed by atoms with Crippen molar-refractivity contribution in [3.8, 4) is 0 Å². The van der Waals surface area contributed by atoms with Crippen molar-refractivity contribution >= 4 is 17.5 Å². The van der Waals surface area contributed by atoms with E-state index in [1.165, 1.54) is 18.2 Å². The van der Waals surface area contributed by atoms with E-state index in [1.54, 1.807) is 36.5 Å². The minimum Gasteiger partial charge on any atom is -0.342 e. The maximum absolute atomic E-state index is 13.9. The normalized spacial score (nSPS) is 16.3. The Hall–Kier alpha value is -3.35. The van der Waals surface area contributed by atoms with Gasteiger partial charge in [-0.25, -0.2) is 18.7 Å². The second-order valence-corrected chi connectivity index (χ2v) is 7.40. The van der Waals surface area contributed by atoms with Gasteiger partial charge in [0.1, 0.15) is 11.6 Å². The molecule has 30 heavy (non-hydrogen) atoms. The molecule has 0 spiro atoms. The van der Waals surface area contributed by atoms with Gasteiger partial charge < -0.3 is 10.2 Å². The summed E-state index contributed by atoms with van der Waals surface area (Å²) in [4.78, 5) is 23.3. The summed E-state index contributed by atoms with van der Waals surface area (Å²) in [7, 11) is 0. The van der Waals surface area contributed by atoms with Crippen molar-refractivity contribution in [1.29, 1.82) is 0 Å². The molecule has 0 saturated carbocycles. The van der Waals surface area contributed by atoms with E-state index < -0.39 is 0 Å². The van der Waals surface area contributed by atoms with Gasteiger partial charge in [-0.1, -0.05) is 24.3 Å². The lowest BCUT2D eigenvalue weighted by atomic mass is 9.94. The first-order valence-electron chi connectivity index (χ1n) is 9.95. The van der Waals surface area contributed by atoms with Gasteiger partial charge in [-0.15, -0.1) is 0 Å². The first-order chi connectivity index (χ1) is 14.6. The van der Waals surface area contributed by atoms with E-state index in [-0.39, 0.29) is 29.9 Å². The molecule has 5 nitrogen and oxygen atoms in total. The minimum atomic E-state index is -0.377. The van der Waals surface area contributed by atoms with Crippen LogP contribution >= 0.6 is 0 Å². The number of nitrogens with one attached hydrogen (secondary N) is 1. The predicted octanol–water partition coefficient (Wildman–Crippen LogP) is 4.45. The van der Waals surface area contributed by atoms with Crippen molar-refractivity contribution in [2.45, 2.75) is 25.2 Å². The lowest BCUT2D eigenvalue weighted by molar-refractivity contribution is -0.131. The Morgan fingerprint density at radius 3 is 2.83 bits per heavy atom. The van der Waals surface area contributed by atoms with Crippen molar-refractivity contribution in [3.05, 3.63) is 83.7 Å². The van der Waals surface area contributed by atoms with Gasteiger partial charge in [0.2, 0.25) is 11.9 Å². The Balaban J connectivity index is 1.44. The summed E-state index contributed by atoms with van der Waals surface area (Å²) in [6, 6.07) is 14.3. The van der Waals surface area contributed by atoms with Crippen LogP contribution in [0.15, 0.2) is 60.8 Å².